The predicted molar refractivity (Wildman–Crippen MR) is 82.9 cm³/mol. The molecule has 0 bridgehead atoms. The molecule has 0 aliphatic carbocycles. The van der Waals surface area contributed by atoms with Crippen LogP contribution in [-0.4, -0.2) is 31.3 Å². The lowest BCUT2D eigenvalue weighted by molar-refractivity contribution is 0.0496. The van der Waals surface area contributed by atoms with Crippen LogP contribution in [0, 0.1) is 5.92 Å². The first-order chi connectivity index (χ1) is 9.67. The fraction of sp³-hybridized carbons (Fsp3) is 0.688. The molecule has 1 saturated heterocycles. The minimum atomic E-state index is 0.293. The van der Waals surface area contributed by atoms with Crippen LogP contribution in [0.5, 0.6) is 0 Å². The Kier molecular flexibility index (Phi) is 5.38. The molecule has 1 aliphatic rings. The van der Waals surface area contributed by atoms with E-state index in [1.165, 1.54) is 5.56 Å². The Morgan fingerprint density at radius 1 is 1.45 bits per heavy atom. The van der Waals surface area contributed by atoms with Crippen LogP contribution in [0.1, 0.15) is 37.9 Å². The van der Waals surface area contributed by atoms with Gasteiger partial charge in [-0.15, -0.1) is 0 Å². The van der Waals surface area contributed by atoms with Gasteiger partial charge in [0.25, 0.3) is 0 Å². The summed E-state index contributed by atoms with van der Waals surface area (Å²) in [7, 11) is 1.80. The van der Waals surface area contributed by atoms with Crippen molar-refractivity contribution < 1.29 is 4.74 Å². The van der Waals surface area contributed by atoms with E-state index in [-0.39, 0.29) is 0 Å². The molecule has 0 aromatic carbocycles. The number of hydrogen-bond acceptors (Lipinski definition) is 4. The van der Waals surface area contributed by atoms with Crippen molar-refractivity contribution in [3.05, 3.63) is 23.4 Å². The zero-order valence-electron chi connectivity index (χ0n) is 12.9. The lowest BCUT2D eigenvalue weighted by Gasteiger charge is -2.37. The van der Waals surface area contributed by atoms with E-state index in [0.29, 0.717) is 18.6 Å². The van der Waals surface area contributed by atoms with Crippen molar-refractivity contribution in [2.75, 3.05) is 25.1 Å². The Labute approximate surface area is 122 Å². The summed E-state index contributed by atoms with van der Waals surface area (Å²) in [5, 5.41) is 0. The van der Waals surface area contributed by atoms with E-state index in [0.717, 1.165) is 43.9 Å². The third kappa shape index (κ3) is 3.49. The van der Waals surface area contributed by atoms with Gasteiger partial charge < -0.3 is 15.4 Å². The number of hydrogen-bond donors (Lipinski definition) is 1. The second kappa shape index (κ2) is 7.04. The first-order valence-corrected chi connectivity index (χ1v) is 7.65. The Balaban J connectivity index is 2.20. The average Bonchev–Trinajstić information content (AvgIpc) is 2.47. The maximum atomic E-state index is 5.82. The van der Waals surface area contributed by atoms with E-state index in [1.54, 1.807) is 7.11 Å². The molecule has 4 heteroatoms. The van der Waals surface area contributed by atoms with Crippen LogP contribution in [0.15, 0.2) is 12.1 Å². The van der Waals surface area contributed by atoms with E-state index >= 15 is 0 Å². The fourth-order valence-corrected chi connectivity index (χ4v) is 2.85. The van der Waals surface area contributed by atoms with Gasteiger partial charge in [-0.25, -0.2) is 4.98 Å². The molecule has 1 fully saturated rings. The fourth-order valence-electron chi connectivity index (χ4n) is 2.85. The summed E-state index contributed by atoms with van der Waals surface area (Å²) in [6.07, 6.45) is 3.56. The molecule has 1 aromatic heterocycles. The quantitative estimate of drug-likeness (QED) is 0.897. The Hall–Kier alpha value is -1.13. The number of pyridine rings is 1. The smallest absolute Gasteiger partial charge is 0.129 e. The maximum absolute atomic E-state index is 5.82. The molecule has 0 spiro atoms. The summed E-state index contributed by atoms with van der Waals surface area (Å²) in [6.45, 7) is 6.99. The van der Waals surface area contributed by atoms with E-state index in [2.05, 4.69) is 30.9 Å². The van der Waals surface area contributed by atoms with Crippen LogP contribution in [0.25, 0.3) is 0 Å². The van der Waals surface area contributed by atoms with Crippen LogP contribution in [0.2, 0.25) is 0 Å². The number of anilines is 1. The van der Waals surface area contributed by atoms with Crippen molar-refractivity contribution in [3.8, 4) is 0 Å². The highest BCUT2D eigenvalue weighted by Crippen LogP contribution is 2.25. The maximum Gasteiger partial charge on any atom is 0.129 e. The summed E-state index contributed by atoms with van der Waals surface area (Å²) in [5.41, 5.74) is 8.14. The molecule has 4 nitrogen and oxygen atoms in total. The van der Waals surface area contributed by atoms with Gasteiger partial charge in [0.05, 0.1) is 6.10 Å². The van der Waals surface area contributed by atoms with Crippen molar-refractivity contribution in [3.63, 3.8) is 0 Å². The van der Waals surface area contributed by atoms with Crippen molar-refractivity contribution in [2.24, 2.45) is 11.7 Å². The van der Waals surface area contributed by atoms with Crippen LogP contribution in [0.4, 0.5) is 5.82 Å². The van der Waals surface area contributed by atoms with E-state index < -0.39 is 0 Å². The lowest BCUT2D eigenvalue weighted by Crippen LogP contribution is -2.44. The molecule has 2 rings (SSSR count). The largest absolute Gasteiger partial charge is 0.379 e. The molecular formula is C16H27N3O. The monoisotopic (exact) mass is 277 g/mol. The first kappa shape index (κ1) is 15.3. The minimum Gasteiger partial charge on any atom is -0.379 e. The molecular weight excluding hydrogens is 250 g/mol. The van der Waals surface area contributed by atoms with Crippen molar-refractivity contribution in [1.82, 2.24) is 4.98 Å². The SMILES string of the molecule is CCCc1cc(CN)cc(N2CCC(C)C(OC)C2)n1. The van der Waals surface area contributed by atoms with Crippen LogP contribution in [0.3, 0.4) is 0 Å². The van der Waals surface area contributed by atoms with Gasteiger partial charge in [0, 0.05) is 32.4 Å². The molecule has 2 N–H and O–H groups in total. The molecule has 112 valence electrons. The van der Waals surface area contributed by atoms with E-state index in [9.17, 15) is 0 Å². The Bertz CT molecular complexity index is 436. The number of aryl methyl sites for hydroxylation is 1. The molecule has 0 saturated carbocycles. The third-order valence-electron chi connectivity index (χ3n) is 4.18. The number of piperidine rings is 1. The second-order valence-electron chi connectivity index (χ2n) is 5.77. The molecule has 1 aliphatic heterocycles. The number of nitrogens with two attached hydrogens (primary N) is 1. The molecule has 1 aromatic rings. The highest BCUT2D eigenvalue weighted by atomic mass is 16.5. The van der Waals surface area contributed by atoms with Gasteiger partial charge in [0.15, 0.2) is 0 Å². The lowest BCUT2D eigenvalue weighted by atomic mass is 9.95. The highest BCUT2D eigenvalue weighted by molar-refractivity contribution is 5.43. The molecule has 0 amide bonds. The minimum absolute atomic E-state index is 0.293. The Morgan fingerprint density at radius 3 is 2.90 bits per heavy atom. The molecule has 2 atom stereocenters. The van der Waals surface area contributed by atoms with E-state index in [1.807, 2.05) is 0 Å². The summed E-state index contributed by atoms with van der Waals surface area (Å²) in [6, 6.07) is 4.26. The van der Waals surface area contributed by atoms with Gasteiger partial charge in [0.1, 0.15) is 5.82 Å². The summed E-state index contributed by atoms with van der Waals surface area (Å²) in [4.78, 5) is 7.14. The highest BCUT2D eigenvalue weighted by Gasteiger charge is 2.26. The summed E-state index contributed by atoms with van der Waals surface area (Å²) < 4.78 is 5.60. The molecule has 0 radical (unpaired) electrons. The summed E-state index contributed by atoms with van der Waals surface area (Å²) in [5.74, 6) is 1.68. The topological polar surface area (TPSA) is 51.4 Å². The average molecular weight is 277 g/mol. The van der Waals surface area contributed by atoms with Gasteiger partial charge in [-0.1, -0.05) is 20.3 Å². The zero-order chi connectivity index (χ0) is 14.5. The molecule has 2 unspecified atom stereocenters. The van der Waals surface area contributed by atoms with Crippen LogP contribution < -0.4 is 10.6 Å². The number of nitrogens with zero attached hydrogens (tertiary/aromatic N) is 2. The van der Waals surface area contributed by atoms with Gasteiger partial charge in [-0.2, -0.15) is 0 Å². The van der Waals surface area contributed by atoms with Crippen molar-refractivity contribution in [2.45, 2.75) is 45.8 Å². The second-order valence-corrected chi connectivity index (χ2v) is 5.77. The standard InChI is InChI=1S/C16H27N3O/c1-4-5-14-8-13(10-17)9-16(18-14)19-7-6-12(2)15(11-19)20-3/h8-9,12,15H,4-7,10-11,17H2,1-3H3. The third-order valence-corrected chi connectivity index (χ3v) is 4.18. The molecule has 20 heavy (non-hydrogen) atoms. The normalized spacial score (nSPS) is 23.1. The van der Waals surface area contributed by atoms with Gasteiger partial charge in [-0.05, 0) is 36.5 Å². The van der Waals surface area contributed by atoms with Crippen LogP contribution >= 0.6 is 0 Å². The number of methoxy groups -OCH3 is 1. The van der Waals surface area contributed by atoms with E-state index in [4.69, 9.17) is 15.5 Å². The zero-order valence-corrected chi connectivity index (χ0v) is 12.9. The number of ether oxygens (including phenoxy) is 1. The van der Waals surface area contributed by atoms with Gasteiger partial charge in [0.2, 0.25) is 0 Å². The first-order valence-electron chi connectivity index (χ1n) is 7.65. The van der Waals surface area contributed by atoms with Crippen molar-refractivity contribution >= 4 is 5.82 Å². The number of rotatable bonds is 5. The van der Waals surface area contributed by atoms with Gasteiger partial charge >= 0.3 is 0 Å². The van der Waals surface area contributed by atoms with Gasteiger partial charge in [-0.3, -0.25) is 0 Å². The van der Waals surface area contributed by atoms with Crippen molar-refractivity contribution in [1.29, 1.82) is 0 Å². The Morgan fingerprint density at radius 2 is 2.25 bits per heavy atom. The molecule has 2 heterocycles. The summed E-state index contributed by atoms with van der Waals surface area (Å²) >= 11 is 0. The predicted octanol–water partition coefficient (Wildman–Crippen LogP) is 2.35. The number of aromatic nitrogens is 1. The van der Waals surface area contributed by atoms with Crippen LogP contribution in [-0.2, 0) is 17.7 Å².